The molecule has 49 heavy (non-hydrogen) atoms. The summed E-state index contributed by atoms with van der Waals surface area (Å²) in [6.45, 7) is 13.7. The number of likely N-dealkylation sites (tertiary alicyclic amines) is 1. The Hall–Kier alpha value is -3.18. The summed E-state index contributed by atoms with van der Waals surface area (Å²) >= 11 is 0. The zero-order valence-corrected chi connectivity index (χ0v) is 31.6. The van der Waals surface area contributed by atoms with Crippen LogP contribution in [0, 0.1) is 40.4 Å². The summed E-state index contributed by atoms with van der Waals surface area (Å²) in [6, 6.07) is -4.29. The monoisotopic (exact) mass is 706 g/mol. The van der Waals surface area contributed by atoms with Gasteiger partial charge < -0.3 is 26.2 Å². The Morgan fingerprint density at radius 1 is 1.00 bits per heavy atom. The highest BCUT2D eigenvalue weighted by Gasteiger charge is 2.64. The van der Waals surface area contributed by atoms with Gasteiger partial charge in [-0.3, -0.25) is 19.2 Å². The van der Waals surface area contributed by atoms with Crippen LogP contribution in [0.2, 0.25) is 0 Å². The predicted octanol–water partition coefficient (Wildman–Crippen LogP) is 2.02. The van der Waals surface area contributed by atoms with Crippen molar-refractivity contribution in [3.63, 3.8) is 0 Å². The second kappa shape index (κ2) is 15.4. The molecule has 276 valence electrons. The molecular formula is C35H58N6O7S. The molecule has 3 aliphatic rings. The number of carbonyl (C=O) groups is 5. The van der Waals surface area contributed by atoms with E-state index in [1.807, 2.05) is 48.5 Å². The first-order valence-corrected chi connectivity index (χ1v) is 19.3. The fourth-order valence-corrected chi connectivity index (χ4v) is 7.63. The normalized spacial score (nSPS) is 23.2. The summed E-state index contributed by atoms with van der Waals surface area (Å²) in [7, 11) is -2.07. The largest absolute Gasteiger partial charge is 0.349 e. The highest BCUT2D eigenvalue weighted by atomic mass is 32.2. The van der Waals surface area contributed by atoms with Gasteiger partial charge in [0.05, 0.1) is 12.3 Å². The average molecular weight is 707 g/mol. The molecule has 6 atom stereocenters. The molecular weight excluding hydrogens is 648 g/mol. The Labute approximate surface area is 292 Å². The molecule has 1 unspecified atom stereocenters. The van der Waals surface area contributed by atoms with Crippen LogP contribution in [0.15, 0.2) is 0 Å². The Morgan fingerprint density at radius 2 is 1.63 bits per heavy atom. The zero-order chi connectivity index (χ0) is 37.1. The van der Waals surface area contributed by atoms with E-state index in [1.165, 1.54) is 11.4 Å². The van der Waals surface area contributed by atoms with Crippen LogP contribution >= 0.6 is 0 Å². The molecule has 3 rings (SSSR count). The van der Waals surface area contributed by atoms with Crippen molar-refractivity contribution < 1.29 is 32.4 Å². The number of ketones is 1. The molecule has 13 nitrogen and oxygen atoms in total. The van der Waals surface area contributed by atoms with Gasteiger partial charge in [0.15, 0.2) is 0 Å². The number of hydrogen-bond acceptors (Lipinski definition) is 7. The van der Waals surface area contributed by atoms with Crippen molar-refractivity contribution in [1.29, 1.82) is 0 Å². The van der Waals surface area contributed by atoms with Crippen molar-refractivity contribution in [3.8, 4) is 12.3 Å². The van der Waals surface area contributed by atoms with E-state index in [1.54, 1.807) is 4.90 Å². The molecule has 2 aliphatic carbocycles. The van der Waals surface area contributed by atoms with Gasteiger partial charge in [-0.05, 0) is 66.6 Å². The fourth-order valence-electron chi connectivity index (χ4n) is 7.21. The molecule has 1 saturated heterocycles. The van der Waals surface area contributed by atoms with Crippen molar-refractivity contribution in [1.82, 2.24) is 30.5 Å². The third-order valence-electron chi connectivity index (χ3n) is 10.6. The Morgan fingerprint density at radius 3 is 2.14 bits per heavy atom. The number of urea groups is 1. The minimum Gasteiger partial charge on any atom is -0.349 e. The molecule has 0 aromatic heterocycles. The maximum Gasteiger partial charge on any atom is 0.315 e. The minimum atomic E-state index is -3.51. The zero-order valence-electron chi connectivity index (χ0n) is 30.8. The third kappa shape index (κ3) is 9.75. The van der Waals surface area contributed by atoms with Crippen LogP contribution in [0.3, 0.4) is 0 Å². The summed E-state index contributed by atoms with van der Waals surface area (Å²) in [6.07, 6.45) is 11.2. The van der Waals surface area contributed by atoms with Gasteiger partial charge in [0.1, 0.15) is 12.1 Å². The first kappa shape index (κ1) is 40.3. The summed E-state index contributed by atoms with van der Waals surface area (Å²) < 4.78 is 25.5. The molecule has 0 aromatic rings. The Kier molecular flexibility index (Phi) is 12.6. The predicted molar refractivity (Wildman–Crippen MR) is 187 cm³/mol. The molecule has 4 N–H and O–H groups in total. The lowest BCUT2D eigenvalue weighted by Crippen LogP contribution is -2.62. The summed E-state index contributed by atoms with van der Waals surface area (Å²) in [4.78, 5) is 69.6. The first-order valence-electron chi connectivity index (χ1n) is 17.4. The number of hydrogen-bond donors (Lipinski definition) is 4. The molecule has 0 bridgehead atoms. The van der Waals surface area contributed by atoms with Crippen molar-refractivity contribution in [2.24, 2.45) is 28.1 Å². The summed E-state index contributed by atoms with van der Waals surface area (Å²) in [5.41, 5.74) is -1.20. The minimum absolute atomic E-state index is 0.0275. The van der Waals surface area contributed by atoms with E-state index >= 15 is 0 Å². The quantitative estimate of drug-likeness (QED) is 0.158. The van der Waals surface area contributed by atoms with Crippen molar-refractivity contribution in [2.75, 3.05) is 32.9 Å². The number of nitrogens with one attached hydrogen (secondary N) is 4. The average Bonchev–Trinajstić information content (AvgIpc) is 3.56. The number of fused-ring (bicyclic) bond motifs is 2. The van der Waals surface area contributed by atoms with Gasteiger partial charge in [0, 0.05) is 39.1 Å². The van der Waals surface area contributed by atoms with E-state index in [9.17, 15) is 32.4 Å². The molecule has 1 spiro atoms. The number of nitrogens with zero attached hydrogens (tertiary/aromatic N) is 2. The van der Waals surface area contributed by atoms with E-state index in [-0.39, 0.29) is 36.6 Å². The molecule has 0 aromatic carbocycles. The molecule has 14 heteroatoms. The van der Waals surface area contributed by atoms with Gasteiger partial charge in [-0.25, -0.2) is 17.5 Å². The SMILES string of the molecule is C#CCCC(NC(=O)[C@@H]1[C@H]2CCC3(CC3)[C@H]2CN1C(=O)[C@@H](NC(=O)N[C@H](CN(C)S(C)(=O)=O)C(C)(C)C)C(C)(C)C)C(=O)C(=O)NCCC. The van der Waals surface area contributed by atoms with Crippen LogP contribution in [0.1, 0.15) is 93.4 Å². The van der Waals surface area contributed by atoms with Gasteiger partial charge in [0.2, 0.25) is 27.6 Å². The molecule has 0 radical (unpaired) electrons. The number of sulfonamides is 1. The second-order valence-electron chi connectivity index (χ2n) is 16.4. The lowest BCUT2D eigenvalue weighted by molar-refractivity contribution is -0.144. The van der Waals surface area contributed by atoms with Crippen molar-refractivity contribution in [3.05, 3.63) is 0 Å². The van der Waals surface area contributed by atoms with Crippen LogP contribution < -0.4 is 21.3 Å². The van der Waals surface area contributed by atoms with Gasteiger partial charge >= 0.3 is 6.03 Å². The molecule has 1 aliphatic heterocycles. The second-order valence-corrected chi connectivity index (χ2v) is 18.5. The Bertz CT molecular complexity index is 1420. The summed E-state index contributed by atoms with van der Waals surface area (Å²) in [5.74, 6) is -0.0536. The number of rotatable bonds is 14. The third-order valence-corrected chi connectivity index (χ3v) is 11.9. The van der Waals surface area contributed by atoms with Crippen LogP contribution in [0.25, 0.3) is 0 Å². The number of carbonyl (C=O) groups excluding carboxylic acids is 5. The van der Waals surface area contributed by atoms with E-state index in [0.717, 1.165) is 31.9 Å². The van der Waals surface area contributed by atoms with Crippen LogP contribution in [0.5, 0.6) is 0 Å². The van der Waals surface area contributed by atoms with Crippen LogP contribution in [-0.2, 0) is 29.2 Å². The maximum atomic E-state index is 14.6. The molecule has 5 amide bonds. The van der Waals surface area contributed by atoms with Crippen LogP contribution in [-0.4, -0.2) is 104 Å². The van der Waals surface area contributed by atoms with Gasteiger partial charge in [-0.1, -0.05) is 48.5 Å². The van der Waals surface area contributed by atoms with Crippen molar-refractivity contribution in [2.45, 2.75) is 118 Å². The topological polar surface area (TPSA) is 174 Å². The molecule has 1 heterocycles. The first-order chi connectivity index (χ1) is 22.6. The summed E-state index contributed by atoms with van der Waals surface area (Å²) in [5, 5.41) is 11.1. The highest BCUT2D eigenvalue weighted by Crippen LogP contribution is 2.66. The van der Waals surface area contributed by atoms with E-state index in [4.69, 9.17) is 6.42 Å². The fraction of sp³-hybridized carbons (Fsp3) is 0.800. The number of likely N-dealkylation sites (N-methyl/N-ethyl adjacent to an activating group) is 1. The maximum absolute atomic E-state index is 14.6. The highest BCUT2D eigenvalue weighted by molar-refractivity contribution is 7.88. The van der Waals surface area contributed by atoms with E-state index < -0.39 is 74.6 Å². The lowest BCUT2D eigenvalue weighted by Gasteiger charge is -2.38. The molecule has 2 saturated carbocycles. The number of terminal acetylenes is 1. The lowest BCUT2D eigenvalue weighted by atomic mass is 9.85. The van der Waals surface area contributed by atoms with Crippen LogP contribution in [0.4, 0.5) is 4.79 Å². The van der Waals surface area contributed by atoms with E-state index in [2.05, 4.69) is 27.2 Å². The molecule has 3 fully saturated rings. The van der Waals surface area contributed by atoms with Gasteiger partial charge in [-0.2, -0.15) is 0 Å². The van der Waals surface area contributed by atoms with E-state index in [0.29, 0.717) is 19.5 Å². The smallest absolute Gasteiger partial charge is 0.315 e. The van der Waals surface area contributed by atoms with Gasteiger partial charge in [0.25, 0.3) is 5.91 Å². The number of amides is 5. The Balaban J connectivity index is 1.89. The van der Waals surface area contributed by atoms with Crippen molar-refractivity contribution >= 4 is 39.6 Å². The number of Topliss-reactive ketones (excluding diaryl/α,β-unsaturated/α-hetero) is 1. The standard InChI is InChI=1S/C35H58N6O7S/c1-11-13-14-24(27(42)30(44)36-19-12-2)37-29(43)26-22-15-16-35(17-18-35)23(22)20-41(26)31(45)28(34(6,7)8)39-32(46)38-25(33(3,4)5)21-40(9)49(10,47)48/h1,22-26,28H,12-21H2,2-10H3,(H,36,44)(H,37,43)(H2,38,39,46)/t22-,23-,24?,25+,26-,28+/m0/s1. The van der Waals surface area contributed by atoms with Gasteiger partial charge in [-0.15, -0.1) is 12.3 Å².